The molecule has 1 aliphatic heterocycles. The molecule has 0 radical (unpaired) electrons. The zero-order valence-electron chi connectivity index (χ0n) is 18.7. The number of carbonyl (C=O) groups excluding carboxylic acids is 2. The molecule has 0 saturated carbocycles. The maximum absolute atomic E-state index is 12.6. The fourth-order valence-electron chi connectivity index (χ4n) is 3.84. The molecule has 33 heavy (non-hydrogen) atoms. The van der Waals surface area contributed by atoms with Gasteiger partial charge in [0.2, 0.25) is 17.6 Å². The van der Waals surface area contributed by atoms with Crippen LogP contribution >= 0.6 is 0 Å². The monoisotopic (exact) mass is 448 g/mol. The summed E-state index contributed by atoms with van der Waals surface area (Å²) in [5.41, 5.74) is 1.49. The van der Waals surface area contributed by atoms with Crippen molar-refractivity contribution >= 4 is 11.8 Å². The Kier molecular flexibility index (Phi) is 7.34. The van der Waals surface area contributed by atoms with Gasteiger partial charge in [0.05, 0.1) is 6.61 Å². The predicted molar refractivity (Wildman–Crippen MR) is 123 cm³/mol. The summed E-state index contributed by atoms with van der Waals surface area (Å²) >= 11 is 0. The van der Waals surface area contributed by atoms with Crippen LogP contribution in [-0.4, -0.2) is 52.6 Å². The molecule has 2 heterocycles. The molecule has 0 spiro atoms. The SMILES string of the molecule is CCOc1ccc(-c2noc(CCC(=O)N3CCC(NC(=O)c4ccccc4)CC3)n2)cc1. The van der Waals surface area contributed by atoms with Crippen LogP contribution in [0.2, 0.25) is 0 Å². The maximum atomic E-state index is 12.6. The highest BCUT2D eigenvalue weighted by atomic mass is 16.5. The van der Waals surface area contributed by atoms with Crippen molar-refractivity contribution in [2.24, 2.45) is 0 Å². The molecule has 0 bridgehead atoms. The highest BCUT2D eigenvalue weighted by Crippen LogP contribution is 2.20. The first-order valence-electron chi connectivity index (χ1n) is 11.3. The summed E-state index contributed by atoms with van der Waals surface area (Å²) in [6.45, 7) is 3.80. The standard InChI is InChI=1S/C25H28N4O4/c1-2-32-21-10-8-18(9-11-21)24-27-22(33-28-24)12-13-23(30)29-16-14-20(15-17-29)26-25(31)19-6-4-3-5-7-19/h3-11,20H,2,12-17H2,1H3,(H,26,31). The number of ether oxygens (including phenoxy) is 1. The molecule has 0 unspecified atom stereocenters. The highest BCUT2D eigenvalue weighted by Gasteiger charge is 2.24. The number of nitrogens with one attached hydrogen (secondary N) is 1. The molecule has 0 atom stereocenters. The van der Waals surface area contributed by atoms with E-state index in [-0.39, 0.29) is 17.9 Å². The van der Waals surface area contributed by atoms with E-state index in [4.69, 9.17) is 9.26 Å². The third-order valence-corrected chi connectivity index (χ3v) is 5.66. The number of amides is 2. The number of aromatic nitrogens is 2. The van der Waals surface area contributed by atoms with Crippen molar-refractivity contribution in [3.8, 4) is 17.1 Å². The van der Waals surface area contributed by atoms with E-state index in [0.717, 1.165) is 24.2 Å². The summed E-state index contributed by atoms with van der Waals surface area (Å²) in [6, 6.07) is 16.7. The molecule has 1 N–H and O–H groups in total. The minimum Gasteiger partial charge on any atom is -0.494 e. The van der Waals surface area contributed by atoms with Crippen LogP contribution in [0, 0.1) is 0 Å². The van der Waals surface area contributed by atoms with E-state index in [1.54, 1.807) is 12.1 Å². The molecule has 2 aromatic carbocycles. The first kappa shape index (κ1) is 22.5. The minimum absolute atomic E-state index is 0.0589. The van der Waals surface area contributed by atoms with Crippen LogP contribution in [-0.2, 0) is 11.2 Å². The molecule has 3 aromatic rings. The van der Waals surface area contributed by atoms with Crippen molar-refractivity contribution in [1.29, 1.82) is 0 Å². The van der Waals surface area contributed by atoms with Gasteiger partial charge in [-0.25, -0.2) is 0 Å². The molecule has 2 amide bonds. The van der Waals surface area contributed by atoms with E-state index in [1.807, 2.05) is 54.3 Å². The number of carbonyl (C=O) groups is 2. The van der Waals surface area contributed by atoms with Gasteiger partial charge in [-0.3, -0.25) is 9.59 Å². The molecule has 0 aliphatic carbocycles. The van der Waals surface area contributed by atoms with Crippen LogP contribution < -0.4 is 10.1 Å². The summed E-state index contributed by atoms with van der Waals surface area (Å²) in [7, 11) is 0. The molecule has 1 fully saturated rings. The number of hydrogen-bond donors (Lipinski definition) is 1. The first-order valence-corrected chi connectivity index (χ1v) is 11.3. The van der Waals surface area contributed by atoms with Gasteiger partial charge in [0, 0.05) is 43.1 Å². The van der Waals surface area contributed by atoms with Crippen LogP contribution in [0.1, 0.15) is 42.4 Å². The Bertz CT molecular complexity index is 1060. The average Bonchev–Trinajstić information content (AvgIpc) is 3.33. The van der Waals surface area contributed by atoms with Crippen LogP contribution in [0.3, 0.4) is 0 Å². The number of hydrogen-bond acceptors (Lipinski definition) is 6. The maximum Gasteiger partial charge on any atom is 0.251 e. The second-order valence-corrected chi connectivity index (χ2v) is 7.96. The minimum atomic E-state index is -0.0693. The second kappa shape index (κ2) is 10.8. The highest BCUT2D eigenvalue weighted by molar-refractivity contribution is 5.94. The Hall–Kier alpha value is -3.68. The lowest BCUT2D eigenvalue weighted by atomic mass is 10.0. The van der Waals surface area contributed by atoms with Gasteiger partial charge in [-0.1, -0.05) is 23.4 Å². The number of likely N-dealkylation sites (tertiary alicyclic amines) is 1. The lowest BCUT2D eigenvalue weighted by Crippen LogP contribution is -2.46. The lowest BCUT2D eigenvalue weighted by molar-refractivity contribution is -0.132. The summed E-state index contributed by atoms with van der Waals surface area (Å²) in [6.07, 6.45) is 2.19. The van der Waals surface area contributed by atoms with Gasteiger partial charge in [0.1, 0.15) is 5.75 Å². The zero-order chi connectivity index (χ0) is 23.0. The first-order chi connectivity index (χ1) is 16.1. The average molecular weight is 449 g/mol. The van der Waals surface area contributed by atoms with Crippen molar-refractivity contribution in [2.45, 2.75) is 38.6 Å². The summed E-state index contributed by atoms with van der Waals surface area (Å²) in [4.78, 5) is 31.2. The van der Waals surface area contributed by atoms with Gasteiger partial charge in [-0.15, -0.1) is 0 Å². The normalized spacial score (nSPS) is 14.2. The third kappa shape index (κ3) is 5.97. The molecule has 172 valence electrons. The summed E-state index contributed by atoms with van der Waals surface area (Å²) in [5, 5.41) is 7.09. The number of benzene rings is 2. The topological polar surface area (TPSA) is 97.6 Å². The number of aryl methyl sites for hydroxylation is 1. The molecule has 4 rings (SSSR count). The Morgan fingerprint density at radius 1 is 1.09 bits per heavy atom. The Morgan fingerprint density at radius 3 is 2.52 bits per heavy atom. The quantitative estimate of drug-likeness (QED) is 0.567. The largest absolute Gasteiger partial charge is 0.494 e. The Labute approximate surface area is 192 Å². The van der Waals surface area contributed by atoms with E-state index in [2.05, 4.69) is 15.5 Å². The van der Waals surface area contributed by atoms with Crippen molar-refractivity contribution in [1.82, 2.24) is 20.4 Å². The summed E-state index contributed by atoms with van der Waals surface area (Å²) < 4.78 is 10.8. The molecular weight excluding hydrogens is 420 g/mol. The third-order valence-electron chi connectivity index (χ3n) is 5.66. The predicted octanol–water partition coefficient (Wildman–Crippen LogP) is 3.49. The van der Waals surface area contributed by atoms with Crippen molar-refractivity contribution < 1.29 is 18.8 Å². The fourth-order valence-corrected chi connectivity index (χ4v) is 3.84. The van der Waals surface area contributed by atoms with Gasteiger partial charge in [0.15, 0.2) is 0 Å². The van der Waals surface area contributed by atoms with Crippen LogP contribution in [0.15, 0.2) is 59.1 Å². The van der Waals surface area contributed by atoms with E-state index < -0.39 is 0 Å². The van der Waals surface area contributed by atoms with Crippen molar-refractivity contribution in [3.05, 3.63) is 66.1 Å². The van der Waals surface area contributed by atoms with Gasteiger partial charge < -0.3 is 19.5 Å². The number of nitrogens with zero attached hydrogens (tertiary/aromatic N) is 3. The van der Waals surface area contributed by atoms with Gasteiger partial charge >= 0.3 is 0 Å². The zero-order valence-corrected chi connectivity index (χ0v) is 18.7. The van der Waals surface area contributed by atoms with E-state index >= 15 is 0 Å². The second-order valence-electron chi connectivity index (χ2n) is 7.96. The fraction of sp³-hybridized carbons (Fsp3) is 0.360. The molecule has 1 saturated heterocycles. The van der Waals surface area contributed by atoms with Crippen molar-refractivity contribution in [2.75, 3.05) is 19.7 Å². The van der Waals surface area contributed by atoms with Crippen LogP contribution in [0.5, 0.6) is 5.75 Å². The summed E-state index contributed by atoms with van der Waals surface area (Å²) in [5.74, 6) is 1.72. The number of piperidine rings is 1. The van der Waals surface area contributed by atoms with E-state index in [0.29, 0.717) is 49.8 Å². The van der Waals surface area contributed by atoms with E-state index in [9.17, 15) is 9.59 Å². The van der Waals surface area contributed by atoms with Crippen LogP contribution in [0.25, 0.3) is 11.4 Å². The lowest BCUT2D eigenvalue weighted by Gasteiger charge is -2.32. The van der Waals surface area contributed by atoms with Crippen molar-refractivity contribution in [3.63, 3.8) is 0 Å². The Morgan fingerprint density at radius 2 is 1.82 bits per heavy atom. The molecule has 8 nitrogen and oxygen atoms in total. The van der Waals surface area contributed by atoms with Gasteiger partial charge in [0.25, 0.3) is 5.91 Å². The van der Waals surface area contributed by atoms with E-state index in [1.165, 1.54) is 0 Å². The molecule has 1 aromatic heterocycles. The van der Waals surface area contributed by atoms with Gasteiger partial charge in [-0.2, -0.15) is 4.98 Å². The Balaban J connectivity index is 1.22. The van der Waals surface area contributed by atoms with Gasteiger partial charge in [-0.05, 0) is 56.2 Å². The smallest absolute Gasteiger partial charge is 0.251 e. The molecule has 1 aliphatic rings. The molecule has 8 heteroatoms. The molecular formula is C25H28N4O4. The van der Waals surface area contributed by atoms with Crippen LogP contribution in [0.4, 0.5) is 0 Å². The number of rotatable bonds is 8.